The van der Waals surface area contributed by atoms with Crippen molar-refractivity contribution < 1.29 is 33.8 Å². The van der Waals surface area contributed by atoms with Gasteiger partial charge in [0.1, 0.15) is 18.3 Å². The molecule has 0 spiro atoms. The summed E-state index contributed by atoms with van der Waals surface area (Å²) in [7, 11) is -4.68. The van der Waals surface area contributed by atoms with Crippen molar-refractivity contribution >= 4 is 18.9 Å². The second-order valence-corrected chi connectivity index (χ2v) is 6.72. The number of aromatic nitrogens is 2. The van der Waals surface area contributed by atoms with Gasteiger partial charge in [-0.1, -0.05) is 6.07 Å². The number of phosphoric acid groups is 1. The van der Waals surface area contributed by atoms with Crippen LogP contribution < -0.4 is 0 Å². The lowest BCUT2D eigenvalue weighted by molar-refractivity contribution is -0.0501. The number of aliphatic hydroxyl groups is 2. The summed E-state index contributed by atoms with van der Waals surface area (Å²) < 4.78 is 22.2. The number of ether oxygens (including phenoxy) is 1. The van der Waals surface area contributed by atoms with Crippen molar-refractivity contribution in [3.8, 4) is 0 Å². The van der Waals surface area contributed by atoms with Crippen molar-refractivity contribution in [2.45, 2.75) is 31.5 Å². The van der Waals surface area contributed by atoms with Crippen LogP contribution in [0.5, 0.6) is 0 Å². The smallest absolute Gasteiger partial charge is 0.387 e. The first-order valence-electron chi connectivity index (χ1n) is 6.91. The van der Waals surface area contributed by atoms with E-state index in [1.165, 1.54) is 6.33 Å². The number of phosphoric ester groups is 1. The number of benzene rings is 1. The first-order valence-corrected chi connectivity index (χ1v) is 8.44. The topological polar surface area (TPSA) is 134 Å². The average Bonchev–Trinajstić information content (AvgIpc) is 2.99. The van der Waals surface area contributed by atoms with Crippen molar-refractivity contribution in [1.82, 2.24) is 9.55 Å². The number of aryl methyl sites for hydroxylation is 1. The Bertz CT molecular complexity index is 758. The number of fused-ring (bicyclic) bond motifs is 1. The molecule has 1 aliphatic rings. The lowest BCUT2D eigenvalue weighted by Gasteiger charge is -2.17. The lowest BCUT2D eigenvalue weighted by Crippen LogP contribution is -2.33. The van der Waals surface area contributed by atoms with Gasteiger partial charge >= 0.3 is 7.82 Å². The highest BCUT2D eigenvalue weighted by Gasteiger charge is 2.44. The van der Waals surface area contributed by atoms with Gasteiger partial charge in [-0.15, -0.1) is 0 Å². The van der Waals surface area contributed by atoms with Crippen LogP contribution in [0.4, 0.5) is 0 Å². The molecule has 23 heavy (non-hydrogen) atoms. The molecule has 1 aliphatic heterocycles. The molecule has 10 heteroatoms. The van der Waals surface area contributed by atoms with Gasteiger partial charge in [-0.25, -0.2) is 9.55 Å². The van der Waals surface area contributed by atoms with E-state index in [9.17, 15) is 14.8 Å². The van der Waals surface area contributed by atoms with Gasteiger partial charge in [0.2, 0.25) is 0 Å². The van der Waals surface area contributed by atoms with Crippen molar-refractivity contribution in [3.05, 3.63) is 30.1 Å². The van der Waals surface area contributed by atoms with E-state index in [-0.39, 0.29) is 0 Å². The molecule has 0 amide bonds. The minimum Gasteiger partial charge on any atom is -0.387 e. The fraction of sp³-hybridized carbons (Fsp3) is 0.462. The minimum atomic E-state index is -4.68. The Hall–Kier alpha value is -1.32. The van der Waals surface area contributed by atoms with E-state index in [0.717, 1.165) is 5.56 Å². The third-order valence-electron chi connectivity index (χ3n) is 3.75. The van der Waals surface area contributed by atoms with Gasteiger partial charge in [-0.3, -0.25) is 4.52 Å². The highest BCUT2D eigenvalue weighted by Crippen LogP contribution is 2.38. The first-order chi connectivity index (χ1) is 10.8. The third kappa shape index (κ3) is 3.31. The maximum atomic E-state index is 10.8. The molecular weight excluding hydrogens is 327 g/mol. The van der Waals surface area contributed by atoms with E-state index in [1.807, 2.05) is 25.1 Å². The summed E-state index contributed by atoms with van der Waals surface area (Å²) >= 11 is 0. The van der Waals surface area contributed by atoms with Crippen molar-refractivity contribution in [3.63, 3.8) is 0 Å². The largest absolute Gasteiger partial charge is 0.469 e. The predicted octanol–water partition coefficient (Wildman–Crippen LogP) is 0.0732. The summed E-state index contributed by atoms with van der Waals surface area (Å²) in [6, 6.07) is 5.57. The van der Waals surface area contributed by atoms with Gasteiger partial charge in [-0.05, 0) is 24.6 Å². The van der Waals surface area contributed by atoms with Gasteiger partial charge < -0.3 is 29.3 Å². The van der Waals surface area contributed by atoms with E-state index in [4.69, 9.17) is 14.5 Å². The molecule has 3 rings (SSSR count). The predicted molar refractivity (Wildman–Crippen MR) is 78.4 cm³/mol. The fourth-order valence-electron chi connectivity index (χ4n) is 2.61. The SMILES string of the molecule is Cc1ccc2c(c1)ncn2C1OC(COP(=O)(O)O)C(O)C1O. The summed E-state index contributed by atoms with van der Waals surface area (Å²) in [5.74, 6) is 0. The van der Waals surface area contributed by atoms with E-state index >= 15 is 0 Å². The number of aliphatic hydroxyl groups excluding tert-OH is 2. The van der Waals surface area contributed by atoms with Gasteiger partial charge in [0.25, 0.3) is 0 Å². The van der Waals surface area contributed by atoms with Crippen LogP contribution in [0.25, 0.3) is 11.0 Å². The Labute approximate surface area is 131 Å². The molecule has 2 aromatic rings. The molecule has 0 bridgehead atoms. The second kappa shape index (κ2) is 5.95. The zero-order valence-electron chi connectivity index (χ0n) is 12.2. The van der Waals surface area contributed by atoms with E-state index < -0.39 is 39.0 Å². The fourth-order valence-corrected chi connectivity index (χ4v) is 2.95. The van der Waals surface area contributed by atoms with Gasteiger partial charge in [0.05, 0.1) is 24.0 Å². The molecule has 4 unspecified atom stereocenters. The number of nitrogens with zero attached hydrogens (tertiary/aromatic N) is 2. The van der Waals surface area contributed by atoms with Gasteiger partial charge in [0.15, 0.2) is 6.23 Å². The van der Waals surface area contributed by atoms with Crippen molar-refractivity contribution in [1.29, 1.82) is 0 Å². The maximum Gasteiger partial charge on any atom is 0.469 e. The number of imidazole rings is 1. The number of hydrogen-bond acceptors (Lipinski definition) is 6. The number of hydrogen-bond donors (Lipinski definition) is 4. The highest BCUT2D eigenvalue weighted by molar-refractivity contribution is 7.46. The van der Waals surface area contributed by atoms with Crippen LogP contribution in [0, 0.1) is 6.92 Å². The van der Waals surface area contributed by atoms with Crippen LogP contribution in [0.15, 0.2) is 24.5 Å². The lowest BCUT2D eigenvalue weighted by atomic mass is 10.1. The van der Waals surface area contributed by atoms with Crippen LogP contribution in [0.2, 0.25) is 0 Å². The van der Waals surface area contributed by atoms with Crippen LogP contribution in [-0.4, -0.2) is 54.5 Å². The Morgan fingerprint density at radius 2 is 2.09 bits per heavy atom. The summed E-state index contributed by atoms with van der Waals surface area (Å²) in [6.07, 6.45) is -3.13. The Morgan fingerprint density at radius 3 is 2.78 bits per heavy atom. The molecule has 1 aromatic heterocycles. The molecule has 4 N–H and O–H groups in total. The molecule has 0 radical (unpaired) electrons. The quantitative estimate of drug-likeness (QED) is 0.573. The molecular formula is C13H17N2O7P. The molecule has 0 aliphatic carbocycles. The minimum absolute atomic E-state index is 0.537. The Balaban J connectivity index is 1.83. The highest BCUT2D eigenvalue weighted by atomic mass is 31.2. The zero-order chi connectivity index (χ0) is 16.8. The molecule has 2 heterocycles. The second-order valence-electron chi connectivity index (χ2n) is 5.48. The van der Waals surface area contributed by atoms with E-state index in [0.29, 0.717) is 11.0 Å². The van der Waals surface area contributed by atoms with Crippen LogP contribution in [0.1, 0.15) is 11.8 Å². The monoisotopic (exact) mass is 344 g/mol. The van der Waals surface area contributed by atoms with Crippen LogP contribution in [0.3, 0.4) is 0 Å². The Morgan fingerprint density at radius 1 is 1.35 bits per heavy atom. The standard InChI is InChI=1S/C13H17N2O7P/c1-7-2-3-9-8(4-7)14-6-15(9)13-12(17)11(16)10(22-13)5-21-23(18,19)20/h2-4,6,10-13,16-17H,5H2,1H3,(H2,18,19,20). The van der Waals surface area contributed by atoms with Crippen LogP contribution in [-0.2, 0) is 13.8 Å². The molecule has 9 nitrogen and oxygen atoms in total. The zero-order valence-corrected chi connectivity index (χ0v) is 13.1. The van der Waals surface area contributed by atoms with Crippen LogP contribution >= 0.6 is 7.82 Å². The normalized spacial score (nSPS) is 28.6. The maximum absolute atomic E-state index is 10.8. The molecule has 4 atom stereocenters. The summed E-state index contributed by atoms with van der Waals surface area (Å²) in [6.45, 7) is 1.39. The van der Waals surface area contributed by atoms with E-state index in [2.05, 4.69) is 9.51 Å². The molecule has 1 fully saturated rings. The summed E-state index contributed by atoms with van der Waals surface area (Å²) in [5.41, 5.74) is 2.46. The van der Waals surface area contributed by atoms with Gasteiger partial charge in [0, 0.05) is 0 Å². The number of rotatable bonds is 4. The third-order valence-corrected chi connectivity index (χ3v) is 4.23. The van der Waals surface area contributed by atoms with Crippen molar-refractivity contribution in [2.75, 3.05) is 6.61 Å². The Kier molecular flexibility index (Phi) is 4.28. The molecule has 126 valence electrons. The molecule has 1 aromatic carbocycles. The van der Waals surface area contributed by atoms with Gasteiger partial charge in [-0.2, -0.15) is 0 Å². The van der Waals surface area contributed by atoms with Crippen molar-refractivity contribution in [2.24, 2.45) is 0 Å². The molecule has 0 saturated carbocycles. The first kappa shape index (κ1) is 16.5. The van der Waals surface area contributed by atoms with E-state index in [1.54, 1.807) is 4.57 Å². The summed E-state index contributed by atoms with van der Waals surface area (Å²) in [5, 5.41) is 20.2. The summed E-state index contributed by atoms with van der Waals surface area (Å²) in [4.78, 5) is 21.7. The molecule has 1 saturated heterocycles. The average molecular weight is 344 g/mol.